The molecular formula is C16H19N3OS. The Kier molecular flexibility index (Phi) is 3.25. The summed E-state index contributed by atoms with van der Waals surface area (Å²) in [5.74, 6) is 0.437. The van der Waals surface area contributed by atoms with E-state index in [2.05, 4.69) is 21.8 Å². The second-order valence-corrected chi connectivity index (χ2v) is 7.88. The predicted octanol–water partition coefficient (Wildman–Crippen LogP) is 3.28. The van der Waals surface area contributed by atoms with Crippen LogP contribution in [0.5, 0.6) is 0 Å². The molecule has 2 fully saturated rings. The normalized spacial score (nSPS) is 28.7. The fraction of sp³-hybridized carbons (Fsp3) is 0.562. The lowest BCUT2D eigenvalue weighted by atomic mass is 9.85. The van der Waals surface area contributed by atoms with Crippen molar-refractivity contribution in [1.82, 2.24) is 14.6 Å². The van der Waals surface area contributed by atoms with Crippen LogP contribution in [-0.2, 0) is 0 Å². The summed E-state index contributed by atoms with van der Waals surface area (Å²) in [6.07, 6.45) is 9.53. The van der Waals surface area contributed by atoms with Gasteiger partial charge in [0.2, 0.25) is 0 Å². The van der Waals surface area contributed by atoms with Gasteiger partial charge in [-0.15, -0.1) is 0 Å². The molecule has 2 aliphatic heterocycles. The van der Waals surface area contributed by atoms with Crippen LogP contribution in [-0.4, -0.2) is 30.9 Å². The third kappa shape index (κ3) is 2.48. The summed E-state index contributed by atoms with van der Waals surface area (Å²) in [4.78, 5) is 17.2. The van der Waals surface area contributed by atoms with Gasteiger partial charge in [-0.1, -0.05) is 6.42 Å². The van der Waals surface area contributed by atoms with Crippen LogP contribution in [0.1, 0.15) is 48.2 Å². The van der Waals surface area contributed by atoms with Crippen LogP contribution in [0, 0.1) is 12.8 Å². The molecular weight excluding hydrogens is 282 g/mol. The maximum absolute atomic E-state index is 12.8. The molecule has 2 aliphatic rings. The maximum Gasteiger partial charge on any atom is 0.169 e. The smallest absolute Gasteiger partial charge is 0.169 e. The number of carbonyl (C=O) groups is 1. The number of fused-ring (bicyclic) bond motifs is 3. The van der Waals surface area contributed by atoms with Crippen LogP contribution in [0.4, 0.5) is 0 Å². The first-order chi connectivity index (χ1) is 10.2. The number of thioether (sulfide) groups is 1. The van der Waals surface area contributed by atoms with Gasteiger partial charge in [0.05, 0.1) is 11.3 Å². The molecule has 0 N–H and O–H groups in total. The number of aryl methyl sites for hydroxylation is 1. The summed E-state index contributed by atoms with van der Waals surface area (Å²) in [7, 11) is 0. The zero-order chi connectivity index (χ0) is 14.4. The topological polar surface area (TPSA) is 47.3 Å². The van der Waals surface area contributed by atoms with E-state index in [4.69, 9.17) is 0 Å². The number of ketones is 1. The minimum absolute atomic E-state index is 0.178. The van der Waals surface area contributed by atoms with E-state index in [0.717, 1.165) is 24.2 Å². The monoisotopic (exact) mass is 301 g/mol. The molecule has 4 heterocycles. The first kappa shape index (κ1) is 13.3. The van der Waals surface area contributed by atoms with Crippen molar-refractivity contribution in [2.24, 2.45) is 5.92 Å². The fourth-order valence-electron chi connectivity index (χ4n) is 3.63. The van der Waals surface area contributed by atoms with E-state index < -0.39 is 0 Å². The Hall–Kier alpha value is -1.36. The first-order valence-corrected chi connectivity index (χ1v) is 8.65. The van der Waals surface area contributed by atoms with Crippen molar-refractivity contribution in [2.75, 3.05) is 0 Å². The number of nitrogens with zero attached hydrogens (tertiary/aromatic N) is 3. The number of aromatic nitrogens is 3. The van der Waals surface area contributed by atoms with E-state index in [0.29, 0.717) is 16.1 Å². The summed E-state index contributed by atoms with van der Waals surface area (Å²) >= 11 is 2.11. The van der Waals surface area contributed by atoms with Gasteiger partial charge in [-0.05, 0) is 32.6 Å². The molecule has 0 saturated carbocycles. The molecule has 2 unspecified atom stereocenters. The van der Waals surface area contributed by atoms with Crippen LogP contribution >= 0.6 is 11.8 Å². The molecule has 2 aromatic rings. The Balaban J connectivity index is 1.60. The molecule has 2 saturated heterocycles. The Morgan fingerprint density at radius 1 is 1.33 bits per heavy atom. The minimum Gasteiger partial charge on any atom is -0.294 e. The molecule has 0 radical (unpaired) electrons. The average molecular weight is 301 g/mol. The van der Waals surface area contributed by atoms with Crippen LogP contribution < -0.4 is 0 Å². The molecule has 0 aromatic carbocycles. The molecule has 2 aromatic heterocycles. The number of Topliss-reactive ketones (excluding diaryl/α,β-unsaturated/α-hetero) is 1. The SMILES string of the molecule is Cc1cc2ncc(C(=O)C3CC4CCCC(C3)S4)cn2n1. The molecule has 0 spiro atoms. The summed E-state index contributed by atoms with van der Waals surface area (Å²) in [6.45, 7) is 1.94. The Bertz CT molecular complexity index is 684. The Labute approximate surface area is 128 Å². The van der Waals surface area contributed by atoms with E-state index in [1.807, 2.05) is 19.2 Å². The molecule has 110 valence electrons. The van der Waals surface area contributed by atoms with E-state index in [1.54, 1.807) is 10.7 Å². The summed E-state index contributed by atoms with van der Waals surface area (Å²) in [5.41, 5.74) is 2.44. The van der Waals surface area contributed by atoms with Gasteiger partial charge in [-0.25, -0.2) is 9.50 Å². The molecule has 21 heavy (non-hydrogen) atoms. The summed E-state index contributed by atoms with van der Waals surface area (Å²) in [6, 6.07) is 1.93. The quantitative estimate of drug-likeness (QED) is 0.799. The van der Waals surface area contributed by atoms with Crippen LogP contribution in [0.25, 0.3) is 5.65 Å². The van der Waals surface area contributed by atoms with Gasteiger partial charge in [0.25, 0.3) is 0 Å². The van der Waals surface area contributed by atoms with Gasteiger partial charge < -0.3 is 0 Å². The van der Waals surface area contributed by atoms with Crippen molar-refractivity contribution in [3.63, 3.8) is 0 Å². The molecule has 0 aliphatic carbocycles. The third-order valence-electron chi connectivity index (χ3n) is 4.62. The van der Waals surface area contributed by atoms with E-state index in [-0.39, 0.29) is 11.7 Å². The van der Waals surface area contributed by atoms with Crippen LogP contribution in [0.15, 0.2) is 18.5 Å². The van der Waals surface area contributed by atoms with Gasteiger partial charge in [0.1, 0.15) is 0 Å². The second kappa shape index (κ2) is 5.13. The second-order valence-electron chi connectivity index (χ2n) is 6.27. The highest BCUT2D eigenvalue weighted by molar-refractivity contribution is 8.00. The molecule has 5 heteroatoms. The minimum atomic E-state index is 0.178. The van der Waals surface area contributed by atoms with E-state index in [9.17, 15) is 4.79 Å². The standard InChI is InChI=1S/C16H19N3OS/c1-10-5-15-17-8-12(9-19(15)18-10)16(20)11-6-13-3-2-4-14(7-11)21-13/h5,8-9,11,13-14H,2-4,6-7H2,1H3. The van der Waals surface area contributed by atoms with Gasteiger partial charge in [0.15, 0.2) is 11.4 Å². The largest absolute Gasteiger partial charge is 0.294 e. The Morgan fingerprint density at radius 3 is 2.86 bits per heavy atom. The van der Waals surface area contributed by atoms with Gasteiger partial charge in [-0.2, -0.15) is 16.9 Å². The first-order valence-electron chi connectivity index (χ1n) is 7.71. The lowest BCUT2D eigenvalue weighted by Crippen LogP contribution is -2.33. The molecule has 4 rings (SSSR count). The van der Waals surface area contributed by atoms with Gasteiger partial charge in [0, 0.05) is 34.9 Å². The van der Waals surface area contributed by atoms with E-state index >= 15 is 0 Å². The number of rotatable bonds is 2. The maximum atomic E-state index is 12.8. The van der Waals surface area contributed by atoms with Gasteiger partial charge >= 0.3 is 0 Å². The molecule has 0 amide bonds. The predicted molar refractivity (Wildman–Crippen MR) is 83.8 cm³/mol. The fourth-order valence-corrected chi connectivity index (χ4v) is 5.47. The van der Waals surface area contributed by atoms with Crippen LogP contribution in [0.3, 0.4) is 0 Å². The molecule has 2 atom stereocenters. The van der Waals surface area contributed by atoms with Crippen molar-refractivity contribution in [3.05, 3.63) is 29.7 Å². The molecule has 2 bridgehead atoms. The van der Waals surface area contributed by atoms with Gasteiger partial charge in [-0.3, -0.25) is 4.79 Å². The van der Waals surface area contributed by atoms with Crippen molar-refractivity contribution in [3.8, 4) is 0 Å². The third-order valence-corrected chi connectivity index (χ3v) is 6.25. The van der Waals surface area contributed by atoms with E-state index in [1.165, 1.54) is 19.3 Å². The van der Waals surface area contributed by atoms with Crippen molar-refractivity contribution in [2.45, 2.75) is 49.5 Å². The number of hydrogen-bond acceptors (Lipinski definition) is 4. The lowest BCUT2D eigenvalue weighted by Gasteiger charge is -2.37. The zero-order valence-corrected chi connectivity index (χ0v) is 13.0. The zero-order valence-electron chi connectivity index (χ0n) is 12.2. The summed E-state index contributed by atoms with van der Waals surface area (Å²) < 4.78 is 1.72. The number of hydrogen-bond donors (Lipinski definition) is 0. The highest BCUT2D eigenvalue weighted by Crippen LogP contribution is 2.44. The molecule has 4 nitrogen and oxygen atoms in total. The highest BCUT2D eigenvalue weighted by atomic mass is 32.2. The van der Waals surface area contributed by atoms with Crippen molar-refractivity contribution < 1.29 is 4.79 Å². The lowest BCUT2D eigenvalue weighted by molar-refractivity contribution is 0.0895. The number of carbonyl (C=O) groups excluding carboxylic acids is 1. The average Bonchev–Trinajstić information content (AvgIpc) is 2.85. The van der Waals surface area contributed by atoms with Crippen LogP contribution in [0.2, 0.25) is 0 Å². The summed E-state index contributed by atoms with van der Waals surface area (Å²) in [5, 5.41) is 5.74. The highest BCUT2D eigenvalue weighted by Gasteiger charge is 2.36. The Morgan fingerprint density at radius 2 is 2.10 bits per heavy atom. The van der Waals surface area contributed by atoms with Crippen molar-refractivity contribution in [1.29, 1.82) is 0 Å². The van der Waals surface area contributed by atoms with Crippen molar-refractivity contribution >= 4 is 23.2 Å².